The van der Waals surface area contributed by atoms with Gasteiger partial charge < -0.3 is 9.47 Å². The van der Waals surface area contributed by atoms with Gasteiger partial charge in [0.25, 0.3) is 10.1 Å². The van der Waals surface area contributed by atoms with Crippen molar-refractivity contribution >= 4 is 56.4 Å². The second-order valence-corrected chi connectivity index (χ2v) is 9.62. The lowest BCUT2D eigenvalue weighted by atomic mass is 9.81. The van der Waals surface area contributed by atoms with Gasteiger partial charge in [-0.1, -0.05) is 60.4 Å². The molecule has 0 amide bonds. The Morgan fingerprint density at radius 1 is 0.895 bits per heavy atom. The molecule has 6 radical (unpaired) electrons. The average Bonchev–Trinajstić information content (AvgIpc) is 2.86. The lowest BCUT2D eigenvalue weighted by molar-refractivity contribution is -0.197. The lowest BCUT2D eigenvalue weighted by Crippen LogP contribution is -2.39. The fraction of sp³-hybridized carbons (Fsp3) is 0.250. The maximum atomic E-state index is 13.2. The molecule has 0 aromatic heterocycles. The maximum absolute atomic E-state index is 13.2. The molecule has 1 atom stereocenters. The SMILES string of the molecule is [B]Cc1cc(C[B])c(C[B])c(C(=O)Oc2ccc(C(=O)OC(CS(=O)(=O)O)C(F)(F)F)c3ccccc23)c1. The summed E-state index contributed by atoms with van der Waals surface area (Å²) in [6.07, 6.45) is -8.18. The Balaban J connectivity index is 2.00. The van der Waals surface area contributed by atoms with Gasteiger partial charge >= 0.3 is 18.1 Å². The number of carbonyl (C=O) groups is 2. The summed E-state index contributed by atoms with van der Waals surface area (Å²) in [5.74, 6) is -4.20. The molecule has 1 N–H and O–H groups in total. The van der Waals surface area contributed by atoms with Gasteiger partial charge in [-0.2, -0.15) is 21.6 Å². The molecule has 0 heterocycles. The number of hydrogen-bond donors (Lipinski definition) is 1. The third-order valence-electron chi connectivity index (χ3n) is 5.56. The van der Waals surface area contributed by atoms with E-state index in [1.807, 2.05) is 0 Å². The molecule has 3 aromatic carbocycles. The highest BCUT2D eigenvalue weighted by Gasteiger charge is 2.45. The third kappa shape index (κ3) is 6.79. The molecule has 192 valence electrons. The number of rotatable bonds is 9. The minimum Gasteiger partial charge on any atom is -0.448 e. The van der Waals surface area contributed by atoms with Crippen LogP contribution in [0.1, 0.15) is 37.4 Å². The van der Waals surface area contributed by atoms with Gasteiger partial charge in [0.1, 0.15) is 11.5 Å². The summed E-state index contributed by atoms with van der Waals surface area (Å²) < 4.78 is 80.6. The van der Waals surface area contributed by atoms with Gasteiger partial charge in [0.15, 0.2) is 0 Å². The van der Waals surface area contributed by atoms with Gasteiger partial charge in [0, 0.05) is 5.39 Å². The Morgan fingerprint density at radius 2 is 1.55 bits per heavy atom. The molecule has 0 saturated heterocycles. The van der Waals surface area contributed by atoms with Crippen molar-refractivity contribution in [3.05, 3.63) is 76.3 Å². The number of hydrogen-bond acceptors (Lipinski definition) is 6. The zero-order chi connectivity index (χ0) is 28.3. The Morgan fingerprint density at radius 3 is 2.11 bits per heavy atom. The molecule has 3 rings (SSSR count). The van der Waals surface area contributed by atoms with Gasteiger partial charge in [0.05, 0.1) is 34.7 Å². The van der Waals surface area contributed by atoms with Crippen molar-refractivity contribution in [2.75, 3.05) is 5.75 Å². The minimum atomic E-state index is -5.27. The molecule has 0 aliphatic rings. The molecule has 0 saturated carbocycles. The van der Waals surface area contributed by atoms with E-state index in [-0.39, 0.29) is 46.6 Å². The van der Waals surface area contributed by atoms with Crippen LogP contribution in [0.15, 0.2) is 48.5 Å². The van der Waals surface area contributed by atoms with E-state index in [4.69, 9.17) is 32.8 Å². The first kappa shape index (κ1) is 29.3. The lowest BCUT2D eigenvalue weighted by Gasteiger charge is -2.20. The molecule has 0 spiro atoms. The van der Waals surface area contributed by atoms with E-state index in [0.29, 0.717) is 16.7 Å². The predicted molar refractivity (Wildman–Crippen MR) is 135 cm³/mol. The molecule has 3 aromatic rings. The summed E-state index contributed by atoms with van der Waals surface area (Å²) in [4.78, 5) is 25.8. The average molecular weight is 540 g/mol. The second-order valence-electron chi connectivity index (χ2n) is 8.12. The van der Waals surface area contributed by atoms with Crippen LogP contribution in [0.3, 0.4) is 0 Å². The predicted octanol–water partition coefficient (Wildman–Crippen LogP) is 3.04. The van der Waals surface area contributed by atoms with Crippen LogP contribution < -0.4 is 4.74 Å². The van der Waals surface area contributed by atoms with Crippen molar-refractivity contribution in [2.24, 2.45) is 0 Å². The first-order valence-corrected chi connectivity index (χ1v) is 12.6. The summed E-state index contributed by atoms with van der Waals surface area (Å²) >= 11 is 0. The zero-order valence-electron chi connectivity index (χ0n) is 19.7. The van der Waals surface area contributed by atoms with Crippen LogP contribution >= 0.6 is 0 Å². The van der Waals surface area contributed by atoms with E-state index in [2.05, 4.69) is 4.74 Å². The van der Waals surface area contributed by atoms with Gasteiger partial charge in [-0.05, 0) is 29.1 Å². The van der Waals surface area contributed by atoms with Crippen LogP contribution in [0.4, 0.5) is 13.2 Å². The summed E-state index contributed by atoms with van der Waals surface area (Å²) in [5, 5.41) is 0.241. The molecule has 1 unspecified atom stereocenters. The van der Waals surface area contributed by atoms with Crippen molar-refractivity contribution in [3.63, 3.8) is 0 Å². The van der Waals surface area contributed by atoms with Gasteiger partial charge in [0.2, 0.25) is 6.10 Å². The smallest absolute Gasteiger partial charge is 0.426 e. The van der Waals surface area contributed by atoms with E-state index in [9.17, 15) is 31.2 Å². The molecule has 14 heteroatoms. The Labute approximate surface area is 220 Å². The minimum absolute atomic E-state index is 0.0166. The van der Waals surface area contributed by atoms with Crippen LogP contribution in [-0.2, 0) is 33.8 Å². The van der Waals surface area contributed by atoms with Gasteiger partial charge in [-0.15, -0.1) is 0 Å². The summed E-state index contributed by atoms with van der Waals surface area (Å²) in [6, 6.07) is 11.4. The quantitative estimate of drug-likeness (QED) is 0.193. The molecule has 0 aliphatic heterocycles. The third-order valence-corrected chi connectivity index (χ3v) is 6.29. The fourth-order valence-corrected chi connectivity index (χ4v) is 4.43. The number of fused-ring (bicyclic) bond motifs is 1. The van der Waals surface area contributed by atoms with Crippen molar-refractivity contribution < 1.29 is 45.2 Å². The number of carbonyl (C=O) groups excluding carboxylic acids is 2. The molecule has 38 heavy (non-hydrogen) atoms. The topological polar surface area (TPSA) is 107 Å². The molecular formula is C24H18B3F3O7S. The molecule has 0 fully saturated rings. The Hall–Kier alpha value is -3.25. The first-order chi connectivity index (χ1) is 17.8. The number of ether oxygens (including phenoxy) is 2. The zero-order valence-corrected chi connectivity index (χ0v) is 20.5. The molecule has 7 nitrogen and oxygen atoms in total. The van der Waals surface area contributed by atoms with Crippen LogP contribution in [0.5, 0.6) is 5.75 Å². The van der Waals surface area contributed by atoms with Gasteiger partial charge in [-0.25, -0.2) is 9.59 Å². The van der Waals surface area contributed by atoms with Crippen molar-refractivity contribution in [3.8, 4) is 5.75 Å². The maximum Gasteiger partial charge on any atom is 0.426 e. The number of benzene rings is 3. The monoisotopic (exact) mass is 540 g/mol. The highest BCUT2D eigenvalue weighted by Crippen LogP contribution is 2.32. The molecule has 0 aliphatic carbocycles. The number of halogens is 3. The van der Waals surface area contributed by atoms with E-state index in [1.165, 1.54) is 30.3 Å². The van der Waals surface area contributed by atoms with Gasteiger partial charge in [-0.3, -0.25) is 4.55 Å². The second kappa shape index (κ2) is 11.6. The summed E-state index contributed by atoms with van der Waals surface area (Å²) in [5.41, 5.74) is 1.44. The van der Waals surface area contributed by atoms with Crippen LogP contribution in [-0.4, -0.2) is 66.5 Å². The first-order valence-electron chi connectivity index (χ1n) is 11.0. The highest BCUT2D eigenvalue weighted by atomic mass is 32.2. The summed E-state index contributed by atoms with van der Waals surface area (Å²) in [7, 11) is 12.2. The fourth-order valence-electron chi connectivity index (χ4n) is 3.79. The van der Waals surface area contributed by atoms with E-state index in [0.717, 1.165) is 6.07 Å². The van der Waals surface area contributed by atoms with Crippen LogP contribution in [0.2, 0.25) is 0 Å². The van der Waals surface area contributed by atoms with Crippen molar-refractivity contribution in [1.82, 2.24) is 0 Å². The number of alkyl halides is 3. The van der Waals surface area contributed by atoms with Crippen LogP contribution in [0.25, 0.3) is 10.8 Å². The molecule has 0 bridgehead atoms. The Kier molecular flexibility index (Phi) is 8.99. The van der Waals surface area contributed by atoms with Crippen LogP contribution in [0, 0.1) is 0 Å². The highest BCUT2D eigenvalue weighted by molar-refractivity contribution is 7.85. The van der Waals surface area contributed by atoms with E-state index < -0.39 is 40.1 Å². The molecular weight excluding hydrogens is 522 g/mol. The summed E-state index contributed by atoms with van der Waals surface area (Å²) in [6.45, 7) is 0. The van der Waals surface area contributed by atoms with E-state index in [1.54, 1.807) is 12.1 Å². The standard InChI is InChI=1S/C24H18B3F3O7S/c25-9-13-7-14(10-26)19(11-27)18(8-13)23(32)36-20-6-5-17(15-3-1-2-4-16(15)20)22(31)37-21(24(28,29)30)12-38(33,34)35/h1-8,21H,9-12H2,(H,33,34,35). The normalized spacial score (nSPS) is 12.7. The largest absolute Gasteiger partial charge is 0.448 e. The van der Waals surface area contributed by atoms with E-state index >= 15 is 0 Å². The number of esters is 2. The van der Waals surface area contributed by atoms with Crippen molar-refractivity contribution in [1.29, 1.82) is 0 Å². The van der Waals surface area contributed by atoms with Crippen molar-refractivity contribution in [2.45, 2.75) is 31.2 Å². The Bertz CT molecular complexity index is 1480.